The van der Waals surface area contributed by atoms with E-state index in [4.69, 9.17) is 10.5 Å². The number of nitrogen functional groups attached to an aromatic ring is 1. The van der Waals surface area contributed by atoms with Crippen molar-refractivity contribution in [2.24, 2.45) is 0 Å². The number of halogens is 2. The molecule has 1 fully saturated rings. The van der Waals surface area contributed by atoms with Gasteiger partial charge in [-0.3, -0.25) is 4.90 Å². The first-order valence-corrected chi connectivity index (χ1v) is 7.89. The van der Waals surface area contributed by atoms with Crippen LogP contribution < -0.4 is 10.6 Å². The fourth-order valence-corrected chi connectivity index (χ4v) is 2.69. The molecule has 0 spiro atoms. The molecule has 25 heavy (non-hydrogen) atoms. The highest BCUT2D eigenvalue weighted by Gasteiger charge is 2.25. The van der Waals surface area contributed by atoms with Gasteiger partial charge in [0.15, 0.2) is 0 Å². The van der Waals surface area contributed by atoms with Gasteiger partial charge in [-0.1, -0.05) is 6.07 Å². The van der Waals surface area contributed by atoms with Crippen molar-refractivity contribution in [3.8, 4) is 0 Å². The van der Waals surface area contributed by atoms with Crippen LogP contribution >= 0.6 is 0 Å². The van der Waals surface area contributed by atoms with Crippen LogP contribution in [0.2, 0.25) is 0 Å². The van der Waals surface area contributed by atoms with E-state index in [-0.39, 0.29) is 5.95 Å². The smallest absolute Gasteiger partial charge is 0.229 e. The number of aromatic nitrogens is 3. The van der Waals surface area contributed by atoms with E-state index in [9.17, 15) is 8.78 Å². The van der Waals surface area contributed by atoms with E-state index in [2.05, 4.69) is 15.0 Å². The largest absolute Gasteiger partial charge is 0.371 e. The van der Waals surface area contributed by atoms with Crippen LogP contribution in [0.5, 0.6) is 0 Å². The standard InChI is InChI=1S/C16H20F2N6O/c1-23(2)16-21-14(20-15(19)22-16)9-24-5-6-25-13(8-24)11-4-3-10(17)7-12(11)18/h3-4,7,13H,5-6,8-9H2,1-2H3,(H2,19,20,21,22). The predicted octanol–water partition coefficient (Wildman–Crippen LogP) is 1.37. The maximum Gasteiger partial charge on any atom is 0.229 e. The summed E-state index contributed by atoms with van der Waals surface area (Å²) in [4.78, 5) is 16.4. The average Bonchev–Trinajstić information content (AvgIpc) is 2.54. The van der Waals surface area contributed by atoms with Gasteiger partial charge in [0.1, 0.15) is 17.5 Å². The summed E-state index contributed by atoms with van der Waals surface area (Å²) < 4.78 is 32.7. The van der Waals surface area contributed by atoms with Crippen molar-refractivity contribution < 1.29 is 13.5 Å². The topological polar surface area (TPSA) is 80.4 Å². The first kappa shape index (κ1) is 17.4. The molecule has 2 heterocycles. The summed E-state index contributed by atoms with van der Waals surface area (Å²) in [6.07, 6.45) is -0.471. The van der Waals surface area contributed by atoms with Crippen LogP contribution in [0.4, 0.5) is 20.7 Å². The maximum absolute atomic E-state index is 14.0. The molecule has 2 aromatic rings. The number of anilines is 2. The van der Waals surface area contributed by atoms with Crippen LogP contribution in [0.15, 0.2) is 18.2 Å². The Bertz CT molecular complexity index is 757. The summed E-state index contributed by atoms with van der Waals surface area (Å²) in [6, 6.07) is 3.52. The second-order valence-corrected chi connectivity index (χ2v) is 6.06. The number of nitrogens with two attached hydrogens (primary N) is 1. The number of benzene rings is 1. The molecule has 1 unspecified atom stereocenters. The Labute approximate surface area is 144 Å². The van der Waals surface area contributed by atoms with Gasteiger partial charge in [-0.25, -0.2) is 8.78 Å². The minimum absolute atomic E-state index is 0.156. The Balaban J connectivity index is 1.74. The van der Waals surface area contributed by atoms with Crippen LogP contribution in [0.1, 0.15) is 17.5 Å². The van der Waals surface area contributed by atoms with Gasteiger partial charge in [0.2, 0.25) is 11.9 Å². The molecule has 1 atom stereocenters. The number of rotatable bonds is 4. The van der Waals surface area contributed by atoms with Crippen molar-refractivity contribution in [1.29, 1.82) is 0 Å². The molecule has 0 aliphatic carbocycles. The minimum atomic E-state index is -0.606. The van der Waals surface area contributed by atoms with E-state index >= 15 is 0 Å². The van der Waals surface area contributed by atoms with Crippen LogP contribution in [0.25, 0.3) is 0 Å². The van der Waals surface area contributed by atoms with E-state index < -0.39 is 17.7 Å². The first-order chi connectivity index (χ1) is 11.9. The van der Waals surface area contributed by atoms with E-state index in [0.717, 1.165) is 6.07 Å². The lowest BCUT2D eigenvalue weighted by Crippen LogP contribution is -2.38. The van der Waals surface area contributed by atoms with Gasteiger partial charge in [-0.05, 0) is 6.07 Å². The van der Waals surface area contributed by atoms with Crippen LogP contribution in [0, 0.1) is 11.6 Å². The molecule has 1 aliphatic rings. The lowest BCUT2D eigenvalue weighted by Gasteiger charge is -2.32. The van der Waals surface area contributed by atoms with E-state index in [1.807, 2.05) is 19.0 Å². The van der Waals surface area contributed by atoms with Crippen molar-refractivity contribution in [3.63, 3.8) is 0 Å². The number of hydrogen-bond donors (Lipinski definition) is 1. The molecule has 0 radical (unpaired) electrons. The summed E-state index contributed by atoms with van der Waals surface area (Å²) in [6.45, 7) is 1.98. The minimum Gasteiger partial charge on any atom is -0.371 e. The van der Waals surface area contributed by atoms with Crippen molar-refractivity contribution in [3.05, 3.63) is 41.2 Å². The van der Waals surface area contributed by atoms with Crippen molar-refractivity contribution in [2.75, 3.05) is 44.4 Å². The van der Waals surface area contributed by atoms with Crippen LogP contribution in [-0.2, 0) is 11.3 Å². The molecule has 2 N–H and O–H groups in total. The van der Waals surface area contributed by atoms with Gasteiger partial charge in [0.05, 0.1) is 19.3 Å². The van der Waals surface area contributed by atoms with Gasteiger partial charge >= 0.3 is 0 Å². The quantitative estimate of drug-likeness (QED) is 0.892. The second kappa shape index (κ2) is 7.24. The van der Waals surface area contributed by atoms with Gasteiger partial charge in [-0.2, -0.15) is 15.0 Å². The maximum atomic E-state index is 14.0. The van der Waals surface area contributed by atoms with Crippen LogP contribution in [-0.4, -0.2) is 53.6 Å². The third-order valence-corrected chi connectivity index (χ3v) is 3.91. The predicted molar refractivity (Wildman–Crippen MR) is 88.9 cm³/mol. The van der Waals surface area contributed by atoms with Crippen molar-refractivity contribution in [2.45, 2.75) is 12.6 Å². The molecule has 1 aromatic carbocycles. The molecule has 0 bridgehead atoms. The van der Waals surface area contributed by atoms with Crippen LogP contribution in [0.3, 0.4) is 0 Å². The highest BCUT2D eigenvalue weighted by molar-refractivity contribution is 5.32. The summed E-state index contributed by atoms with van der Waals surface area (Å²) in [7, 11) is 3.64. The highest BCUT2D eigenvalue weighted by atomic mass is 19.1. The summed E-state index contributed by atoms with van der Waals surface area (Å²) >= 11 is 0. The van der Waals surface area contributed by atoms with Gasteiger partial charge in [0.25, 0.3) is 0 Å². The third-order valence-electron chi connectivity index (χ3n) is 3.91. The van der Waals surface area contributed by atoms with Crippen molar-refractivity contribution in [1.82, 2.24) is 19.9 Å². The van der Waals surface area contributed by atoms with E-state index in [0.29, 0.717) is 43.6 Å². The Morgan fingerprint density at radius 1 is 1.28 bits per heavy atom. The molecule has 9 heteroatoms. The Morgan fingerprint density at radius 3 is 2.80 bits per heavy atom. The first-order valence-electron chi connectivity index (χ1n) is 7.89. The van der Waals surface area contributed by atoms with E-state index in [1.165, 1.54) is 12.1 Å². The Morgan fingerprint density at radius 2 is 2.08 bits per heavy atom. The van der Waals surface area contributed by atoms with Gasteiger partial charge < -0.3 is 15.4 Å². The molecular formula is C16H20F2N6O. The molecule has 1 saturated heterocycles. The average molecular weight is 350 g/mol. The summed E-state index contributed by atoms with van der Waals surface area (Å²) in [5.41, 5.74) is 6.08. The second-order valence-electron chi connectivity index (χ2n) is 6.06. The lowest BCUT2D eigenvalue weighted by molar-refractivity contribution is -0.0352. The number of morpholine rings is 1. The number of hydrogen-bond acceptors (Lipinski definition) is 7. The zero-order valence-corrected chi connectivity index (χ0v) is 14.1. The zero-order chi connectivity index (χ0) is 18.0. The fourth-order valence-electron chi connectivity index (χ4n) is 2.69. The Hall–Kier alpha value is -2.39. The molecule has 3 rings (SSSR count). The SMILES string of the molecule is CN(C)c1nc(N)nc(CN2CCOC(c3ccc(F)cc3F)C2)n1. The molecule has 7 nitrogen and oxygen atoms in total. The van der Waals surface area contributed by atoms with Gasteiger partial charge in [0, 0.05) is 38.8 Å². The number of ether oxygens (including phenoxy) is 1. The Kier molecular flexibility index (Phi) is 5.05. The molecule has 0 saturated carbocycles. The molecule has 1 aliphatic heterocycles. The zero-order valence-electron chi connectivity index (χ0n) is 14.1. The summed E-state index contributed by atoms with van der Waals surface area (Å²) in [5.74, 6) is -0.0339. The molecule has 1 aromatic heterocycles. The monoisotopic (exact) mass is 350 g/mol. The highest BCUT2D eigenvalue weighted by Crippen LogP contribution is 2.25. The number of nitrogens with zero attached hydrogens (tertiary/aromatic N) is 5. The lowest BCUT2D eigenvalue weighted by atomic mass is 10.1. The molecular weight excluding hydrogens is 330 g/mol. The van der Waals surface area contributed by atoms with Gasteiger partial charge in [-0.15, -0.1) is 0 Å². The third kappa shape index (κ3) is 4.18. The molecule has 0 amide bonds. The normalized spacial score (nSPS) is 18.3. The van der Waals surface area contributed by atoms with E-state index in [1.54, 1.807) is 4.90 Å². The summed E-state index contributed by atoms with van der Waals surface area (Å²) in [5, 5.41) is 0. The molecule has 134 valence electrons. The van der Waals surface area contributed by atoms with Crippen molar-refractivity contribution >= 4 is 11.9 Å². The fraction of sp³-hybridized carbons (Fsp3) is 0.438.